The number of carbonyl (C=O) groups is 1. The molecular weight excluding hydrogens is 254 g/mol. The van der Waals surface area contributed by atoms with Crippen molar-refractivity contribution in [3.05, 3.63) is 29.8 Å². The van der Waals surface area contributed by atoms with Crippen molar-refractivity contribution in [2.45, 2.75) is 37.5 Å². The van der Waals surface area contributed by atoms with Gasteiger partial charge in [-0.15, -0.1) is 0 Å². The van der Waals surface area contributed by atoms with Gasteiger partial charge in [-0.1, -0.05) is 31.4 Å². The summed E-state index contributed by atoms with van der Waals surface area (Å²) in [6.07, 6.45) is 5.06. The summed E-state index contributed by atoms with van der Waals surface area (Å²) in [5, 5.41) is 11.8. The van der Waals surface area contributed by atoms with Crippen LogP contribution in [0.5, 0.6) is 5.75 Å². The van der Waals surface area contributed by atoms with E-state index in [1.165, 1.54) is 6.42 Å². The van der Waals surface area contributed by atoms with Gasteiger partial charge in [0.05, 0.1) is 19.1 Å². The Balaban J connectivity index is 2.27. The van der Waals surface area contributed by atoms with E-state index in [2.05, 4.69) is 5.32 Å². The molecule has 0 unspecified atom stereocenters. The molecule has 1 amide bonds. The molecule has 1 fully saturated rings. The topological polar surface area (TPSA) is 58.6 Å². The number of carbonyl (C=O) groups excluding carboxylic acids is 1. The lowest BCUT2D eigenvalue weighted by Gasteiger charge is -2.36. The SMILES string of the molecule is COc1ccc(C2(C(=O)NCCO)CCCCC2)cc1. The van der Waals surface area contributed by atoms with Crippen LogP contribution in [0.3, 0.4) is 0 Å². The number of ether oxygens (including phenoxy) is 1. The van der Waals surface area contributed by atoms with Crippen LogP contribution in [0.1, 0.15) is 37.7 Å². The van der Waals surface area contributed by atoms with Crippen molar-refractivity contribution in [3.63, 3.8) is 0 Å². The van der Waals surface area contributed by atoms with Gasteiger partial charge in [-0.25, -0.2) is 0 Å². The first-order chi connectivity index (χ1) is 9.73. The minimum absolute atomic E-state index is 0.0234. The highest BCUT2D eigenvalue weighted by atomic mass is 16.5. The molecule has 0 bridgehead atoms. The number of hydrogen-bond donors (Lipinski definition) is 2. The fourth-order valence-corrected chi connectivity index (χ4v) is 3.05. The molecule has 110 valence electrons. The van der Waals surface area contributed by atoms with E-state index in [0.717, 1.165) is 37.0 Å². The molecule has 0 aliphatic heterocycles. The van der Waals surface area contributed by atoms with Crippen LogP contribution in [0.25, 0.3) is 0 Å². The maximum Gasteiger partial charge on any atom is 0.230 e. The van der Waals surface area contributed by atoms with Crippen LogP contribution in [-0.2, 0) is 10.2 Å². The Morgan fingerprint density at radius 2 is 1.90 bits per heavy atom. The molecule has 0 aromatic heterocycles. The van der Waals surface area contributed by atoms with Crippen LogP contribution in [0.2, 0.25) is 0 Å². The first-order valence-electron chi connectivity index (χ1n) is 7.26. The quantitative estimate of drug-likeness (QED) is 0.865. The maximum atomic E-state index is 12.6. The lowest BCUT2D eigenvalue weighted by molar-refractivity contribution is -0.128. The molecule has 1 saturated carbocycles. The number of aliphatic hydroxyl groups is 1. The van der Waals surface area contributed by atoms with Gasteiger partial charge in [0, 0.05) is 6.54 Å². The number of hydrogen-bond acceptors (Lipinski definition) is 3. The average molecular weight is 277 g/mol. The van der Waals surface area contributed by atoms with E-state index in [1.807, 2.05) is 24.3 Å². The third-order valence-electron chi connectivity index (χ3n) is 4.18. The number of nitrogens with one attached hydrogen (secondary N) is 1. The van der Waals surface area contributed by atoms with Gasteiger partial charge in [0.2, 0.25) is 5.91 Å². The lowest BCUT2D eigenvalue weighted by Crippen LogP contribution is -2.46. The van der Waals surface area contributed by atoms with Gasteiger partial charge < -0.3 is 15.2 Å². The zero-order valence-corrected chi connectivity index (χ0v) is 12.0. The molecule has 4 heteroatoms. The van der Waals surface area contributed by atoms with E-state index in [9.17, 15) is 4.79 Å². The van der Waals surface area contributed by atoms with E-state index in [1.54, 1.807) is 7.11 Å². The third kappa shape index (κ3) is 2.96. The average Bonchev–Trinajstić information content (AvgIpc) is 2.53. The molecule has 1 aliphatic rings. The van der Waals surface area contributed by atoms with Crippen LogP contribution in [0, 0.1) is 0 Å². The summed E-state index contributed by atoms with van der Waals surface area (Å²) in [5.41, 5.74) is 0.605. The fourth-order valence-electron chi connectivity index (χ4n) is 3.05. The normalized spacial score (nSPS) is 17.5. The van der Waals surface area contributed by atoms with E-state index in [0.29, 0.717) is 6.54 Å². The first kappa shape index (κ1) is 14.9. The number of aliphatic hydroxyl groups excluding tert-OH is 1. The zero-order valence-electron chi connectivity index (χ0n) is 12.0. The second-order valence-electron chi connectivity index (χ2n) is 5.35. The molecule has 20 heavy (non-hydrogen) atoms. The van der Waals surface area contributed by atoms with Crippen LogP contribution < -0.4 is 10.1 Å². The molecule has 0 heterocycles. The Labute approximate surface area is 120 Å². The zero-order chi connectivity index (χ0) is 14.4. The smallest absolute Gasteiger partial charge is 0.230 e. The van der Waals surface area contributed by atoms with Crippen molar-refractivity contribution in [1.82, 2.24) is 5.32 Å². The van der Waals surface area contributed by atoms with Gasteiger partial charge in [0.25, 0.3) is 0 Å². The summed E-state index contributed by atoms with van der Waals surface area (Å²) >= 11 is 0. The predicted molar refractivity (Wildman–Crippen MR) is 77.9 cm³/mol. The van der Waals surface area contributed by atoms with Crippen molar-refractivity contribution in [2.24, 2.45) is 0 Å². The molecule has 2 N–H and O–H groups in total. The second kappa shape index (κ2) is 6.75. The van der Waals surface area contributed by atoms with Gasteiger partial charge in [-0.2, -0.15) is 0 Å². The standard InChI is InChI=1S/C16H23NO3/c1-20-14-7-5-13(6-8-14)16(9-3-2-4-10-16)15(19)17-11-12-18/h5-8,18H,2-4,9-12H2,1H3,(H,17,19). The van der Waals surface area contributed by atoms with Crippen molar-refractivity contribution < 1.29 is 14.6 Å². The summed E-state index contributed by atoms with van der Waals surface area (Å²) < 4.78 is 5.18. The molecule has 2 rings (SSSR count). The highest BCUT2D eigenvalue weighted by Gasteiger charge is 2.40. The molecular formula is C16H23NO3. The number of amides is 1. The molecule has 0 radical (unpaired) electrons. The minimum Gasteiger partial charge on any atom is -0.497 e. The Morgan fingerprint density at radius 1 is 1.25 bits per heavy atom. The van der Waals surface area contributed by atoms with Crippen molar-refractivity contribution >= 4 is 5.91 Å². The Bertz CT molecular complexity index is 436. The Kier molecular flexibility index (Phi) is 5.01. The van der Waals surface area contributed by atoms with E-state index in [-0.39, 0.29) is 12.5 Å². The Morgan fingerprint density at radius 3 is 2.45 bits per heavy atom. The summed E-state index contributed by atoms with van der Waals surface area (Å²) in [7, 11) is 1.64. The second-order valence-corrected chi connectivity index (χ2v) is 5.35. The largest absolute Gasteiger partial charge is 0.497 e. The van der Waals surface area contributed by atoms with Gasteiger partial charge in [0.1, 0.15) is 5.75 Å². The Hall–Kier alpha value is -1.55. The fraction of sp³-hybridized carbons (Fsp3) is 0.562. The molecule has 1 aliphatic carbocycles. The van der Waals surface area contributed by atoms with Gasteiger partial charge >= 0.3 is 0 Å². The highest BCUT2D eigenvalue weighted by Crippen LogP contribution is 2.40. The van der Waals surface area contributed by atoms with Gasteiger partial charge in [-0.05, 0) is 30.5 Å². The lowest BCUT2D eigenvalue weighted by atomic mass is 9.68. The van der Waals surface area contributed by atoms with Crippen molar-refractivity contribution in [3.8, 4) is 5.75 Å². The summed E-state index contributed by atoms with van der Waals surface area (Å²) in [4.78, 5) is 12.6. The molecule has 0 spiro atoms. The van der Waals surface area contributed by atoms with Crippen LogP contribution in [-0.4, -0.2) is 31.3 Å². The molecule has 4 nitrogen and oxygen atoms in total. The summed E-state index contributed by atoms with van der Waals surface area (Å²) in [6.45, 7) is 0.293. The van der Waals surface area contributed by atoms with E-state index < -0.39 is 5.41 Å². The summed E-state index contributed by atoms with van der Waals surface area (Å²) in [5.74, 6) is 0.840. The number of benzene rings is 1. The molecule has 1 aromatic rings. The highest BCUT2D eigenvalue weighted by molar-refractivity contribution is 5.88. The van der Waals surface area contributed by atoms with Gasteiger partial charge in [-0.3, -0.25) is 4.79 Å². The molecule has 0 saturated heterocycles. The van der Waals surface area contributed by atoms with E-state index in [4.69, 9.17) is 9.84 Å². The minimum atomic E-state index is -0.445. The number of methoxy groups -OCH3 is 1. The van der Waals surface area contributed by atoms with E-state index >= 15 is 0 Å². The molecule has 1 aromatic carbocycles. The number of rotatable bonds is 5. The first-order valence-corrected chi connectivity index (χ1v) is 7.26. The van der Waals surface area contributed by atoms with Gasteiger partial charge in [0.15, 0.2) is 0 Å². The predicted octanol–water partition coefficient (Wildman–Crippen LogP) is 2.01. The molecule has 0 atom stereocenters. The van der Waals surface area contributed by atoms with Crippen LogP contribution in [0.15, 0.2) is 24.3 Å². The maximum absolute atomic E-state index is 12.6. The van der Waals surface area contributed by atoms with Crippen LogP contribution in [0.4, 0.5) is 0 Å². The van der Waals surface area contributed by atoms with Crippen molar-refractivity contribution in [2.75, 3.05) is 20.3 Å². The third-order valence-corrected chi connectivity index (χ3v) is 4.18. The summed E-state index contributed by atoms with van der Waals surface area (Å²) in [6, 6.07) is 7.79. The van der Waals surface area contributed by atoms with Crippen LogP contribution >= 0.6 is 0 Å². The monoisotopic (exact) mass is 277 g/mol. The van der Waals surface area contributed by atoms with Crippen molar-refractivity contribution in [1.29, 1.82) is 0 Å².